The summed E-state index contributed by atoms with van der Waals surface area (Å²) in [4.78, 5) is -0.575. The molecule has 1 saturated heterocycles. The van der Waals surface area contributed by atoms with E-state index in [1.165, 1.54) is 0 Å². The van der Waals surface area contributed by atoms with Crippen molar-refractivity contribution >= 4 is 43.2 Å². The summed E-state index contributed by atoms with van der Waals surface area (Å²) in [5.41, 5.74) is 4.38. The molecule has 0 aromatic heterocycles. The standard InChI is InChI=1S/C12H15BrClFN2O3S/c1-6-12(2,3-4-20-6)17-21(18,19)8-5-7(14)9(13)11(16)10(8)15/h5-6,17H,3-4,16H2,1-2H3. The molecule has 1 fully saturated rings. The fourth-order valence-corrected chi connectivity index (χ4v) is 4.30. The molecule has 1 aliphatic rings. The minimum absolute atomic E-state index is 0.0233. The molecular weight excluding hydrogens is 387 g/mol. The maximum Gasteiger partial charge on any atom is 0.244 e. The van der Waals surface area contributed by atoms with Crippen LogP contribution in [0.3, 0.4) is 0 Å². The van der Waals surface area contributed by atoms with Crippen LogP contribution in [0.2, 0.25) is 5.02 Å². The van der Waals surface area contributed by atoms with Crippen LogP contribution in [-0.2, 0) is 14.8 Å². The zero-order valence-corrected chi connectivity index (χ0v) is 14.6. The molecule has 3 N–H and O–H groups in total. The van der Waals surface area contributed by atoms with Gasteiger partial charge in [0.1, 0.15) is 4.90 Å². The molecule has 2 rings (SSSR count). The van der Waals surface area contributed by atoms with Crippen LogP contribution in [-0.4, -0.2) is 26.7 Å². The fourth-order valence-electron chi connectivity index (χ4n) is 2.13. The molecule has 0 radical (unpaired) electrons. The number of nitrogens with one attached hydrogen (secondary N) is 1. The highest BCUT2D eigenvalue weighted by Gasteiger charge is 2.41. The van der Waals surface area contributed by atoms with Crippen LogP contribution in [0.1, 0.15) is 20.3 Å². The van der Waals surface area contributed by atoms with Gasteiger partial charge in [0.05, 0.1) is 26.8 Å². The van der Waals surface area contributed by atoms with E-state index < -0.39 is 26.3 Å². The molecule has 1 aromatic rings. The van der Waals surface area contributed by atoms with E-state index in [0.717, 1.165) is 6.07 Å². The highest BCUT2D eigenvalue weighted by Crippen LogP contribution is 2.36. The first-order chi connectivity index (χ1) is 9.58. The van der Waals surface area contributed by atoms with Crippen molar-refractivity contribution in [2.24, 2.45) is 0 Å². The van der Waals surface area contributed by atoms with Crippen molar-refractivity contribution in [1.82, 2.24) is 4.72 Å². The summed E-state index contributed by atoms with van der Waals surface area (Å²) in [6.07, 6.45) is 0.174. The smallest absolute Gasteiger partial charge is 0.244 e. The molecule has 0 bridgehead atoms. The Bertz CT molecular complexity index is 686. The highest BCUT2D eigenvalue weighted by atomic mass is 79.9. The Kier molecular flexibility index (Phi) is 4.57. The monoisotopic (exact) mass is 400 g/mol. The lowest BCUT2D eigenvalue weighted by Gasteiger charge is -2.28. The minimum Gasteiger partial charge on any atom is -0.395 e. The second-order valence-corrected chi connectivity index (χ2v) is 8.04. The van der Waals surface area contributed by atoms with Crippen LogP contribution in [0, 0.1) is 5.82 Å². The molecule has 0 saturated carbocycles. The van der Waals surface area contributed by atoms with Crippen LogP contribution in [0.4, 0.5) is 10.1 Å². The minimum atomic E-state index is -4.12. The summed E-state index contributed by atoms with van der Waals surface area (Å²) in [6.45, 7) is 3.91. The fraction of sp³-hybridized carbons (Fsp3) is 0.500. The van der Waals surface area contributed by atoms with Gasteiger partial charge in [-0.3, -0.25) is 0 Å². The van der Waals surface area contributed by atoms with Gasteiger partial charge in [0.2, 0.25) is 10.0 Å². The average molecular weight is 402 g/mol. The first-order valence-electron chi connectivity index (χ1n) is 6.17. The topological polar surface area (TPSA) is 81.4 Å². The Morgan fingerprint density at radius 1 is 1.62 bits per heavy atom. The summed E-state index contributed by atoms with van der Waals surface area (Å²) in [6, 6.07) is 1.03. The Balaban J connectivity index is 2.46. The predicted molar refractivity (Wildman–Crippen MR) is 82.3 cm³/mol. The number of halogens is 3. The third-order valence-electron chi connectivity index (χ3n) is 3.70. The average Bonchev–Trinajstić information content (AvgIpc) is 2.70. The van der Waals surface area contributed by atoms with Gasteiger partial charge in [-0.2, -0.15) is 0 Å². The lowest BCUT2D eigenvalue weighted by Crippen LogP contribution is -2.50. The molecule has 0 spiro atoms. The summed E-state index contributed by atoms with van der Waals surface area (Å²) < 4.78 is 47.0. The van der Waals surface area contributed by atoms with Crippen molar-refractivity contribution in [3.05, 3.63) is 21.4 Å². The van der Waals surface area contributed by atoms with Gasteiger partial charge in [0.25, 0.3) is 0 Å². The van der Waals surface area contributed by atoms with E-state index in [0.29, 0.717) is 13.0 Å². The molecular formula is C12H15BrClFN2O3S. The summed E-state index contributed by atoms with van der Waals surface area (Å²) in [5, 5.41) is 0.0233. The van der Waals surface area contributed by atoms with E-state index in [9.17, 15) is 12.8 Å². The van der Waals surface area contributed by atoms with E-state index in [1.807, 2.05) is 0 Å². The van der Waals surface area contributed by atoms with Gasteiger partial charge in [0.15, 0.2) is 5.82 Å². The molecule has 9 heteroatoms. The van der Waals surface area contributed by atoms with Gasteiger partial charge < -0.3 is 10.5 Å². The number of nitrogen functional groups attached to an aromatic ring is 1. The van der Waals surface area contributed by atoms with E-state index in [2.05, 4.69) is 20.7 Å². The van der Waals surface area contributed by atoms with Crippen molar-refractivity contribution in [2.45, 2.75) is 36.8 Å². The van der Waals surface area contributed by atoms with E-state index in [1.54, 1.807) is 13.8 Å². The SMILES string of the molecule is CC1OCCC1(C)NS(=O)(=O)c1cc(Cl)c(Br)c(N)c1F. The lowest BCUT2D eigenvalue weighted by molar-refractivity contribution is 0.0957. The van der Waals surface area contributed by atoms with Gasteiger partial charge >= 0.3 is 0 Å². The molecule has 118 valence electrons. The Morgan fingerprint density at radius 2 is 2.24 bits per heavy atom. The van der Waals surface area contributed by atoms with E-state index in [4.69, 9.17) is 22.1 Å². The van der Waals surface area contributed by atoms with Crippen LogP contribution in [0.5, 0.6) is 0 Å². The van der Waals surface area contributed by atoms with Crippen LogP contribution in [0.25, 0.3) is 0 Å². The normalized spacial score (nSPS) is 26.2. The zero-order chi connectivity index (χ0) is 16.0. The Labute approximate surface area is 136 Å². The number of rotatable bonds is 3. The van der Waals surface area contributed by atoms with E-state index >= 15 is 0 Å². The predicted octanol–water partition coefficient (Wildman–Crippen LogP) is 2.67. The van der Waals surface area contributed by atoms with Crippen molar-refractivity contribution in [2.75, 3.05) is 12.3 Å². The molecule has 1 aromatic carbocycles. The molecule has 1 aliphatic heterocycles. The van der Waals surface area contributed by atoms with Crippen LogP contribution < -0.4 is 10.5 Å². The van der Waals surface area contributed by atoms with Gasteiger partial charge in [-0.15, -0.1) is 0 Å². The maximum atomic E-state index is 14.2. The quantitative estimate of drug-likeness (QED) is 0.603. The molecule has 0 aliphatic carbocycles. The largest absolute Gasteiger partial charge is 0.395 e. The highest BCUT2D eigenvalue weighted by molar-refractivity contribution is 9.10. The van der Waals surface area contributed by atoms with Crippen LogP contribution in [0.15, 0.2) is 15.4 Å². The number of nitrogens with two attached hydrogens (primary N) is 1. The zero-order valence-electron chi connectivity index (χ0n) is 11.4. The Hall–Kier alpha value is -0.410. The van der Waals surface area contributed by atoms with Crippen molar-refractivity contribution in [1.29, 1.82) is 0 Å². The number of anilines is 1. The van der Waals surface area contributed by atoms with Crippen molar-refractivity contribution < 1.29 is 17.5 Å². The number of hydrogen-bond donors (Lipinski definition) is 2. The molecule has 2 unspecified atom stereocenters. The number of sulfonamides is 1. The second kappa shape index (κ2) is 5.66. The number of hydrogen-bond acceptors (Lipinski definition) is 4. The van der Waals surface area contributed by atoms with Gasteiger partial charge in [-0.25, -0.2) is 17.5 Å². The molecule has 5 nitrogen and oxygen atoms in total. The molecule has 0 amide bonds. The molecule has 2 atom stereocenters. The summed E-state index contributed by atoms with van der Waals surface area (Å²) >= 11 is 8.87. The van der Waals surface area contributed by atoms with Crippen molar-refractivity contribution in [3.8, 4) is 0 Å². The molecule has 1 heterocycles. The van der Waals surface area contributed by atoms with E-state index in [-0.39, 0.29) is 21.3 Å². The first-order valence-corrected chi connectivity index (χ1v) is 8.82. The third kappa shape index (κ3) is 3.05. The van der Waals surface area contributed by atoms with Crippen molar-refractivity contribution in [3.63, 3.8) is 0 Å². The number of benzene rings is 1. The van der Waals surface area contributed by atoms with Gasteiger partial charge in [-0.1, -0.05) is 11.6 Å². The summed E-state index contributed by atoms with van der Waals surface area (Å²) in [5.74, 6) is -1.03. The van der Waals surface area contributed by atoms with Crippen LogP contribution >= 0.6 is 27.5 Å². The van der Waals surface area contributed by atoms with Gasteiger partial charge in [0, 0.05) is 6.61 Å². The van der Waals surface area contributed by atoms with Gasteiger partial charge in [-0.05, 0) is 42.3 Å². The first kappa shape index (κ1) is 17.0. The maximum absolute atomic E-state index is 14.2. The third-order valence-corrected chi connectivity index (χ3v) is 6.69. The molecule has 21 heavy (non-hydrogen) atoms. The second-order valence-electron chi connectivity index (χ2n) is 5.18. The summed E-state index contributed by atoms with van der Waals surface area (Å²) in [7, 11) is -4.12. The lowest BCUT2D eigenvalue weighted by atomic mass is 9.97. The number of ether oxygens (including phenoxy) is 1. The Morgan fingerprint density at radius 3 is 2.76 bits per heavy atom.